The van der Waals surface area contributed by atoms with Crippen LogP contribution in [0.5, 0.6) is 0 Å². The summed E-state index contributed by atoms with van der Waals surface area (Å²) in [6.07, 6.45) is 0. The molecule has 0 saturated heterocycles. The fourth-order valence-electron chi connectivity index (χ4n) is 7.90. The first-order valence-corrected chi connectivity index (χ1v) is 19.5. The van der Waals surface area contributed by atoms with E-state index in [1.807, 2.05) is 78.1 Å². The zero-order valence-electron chi connectivity index (χ0n) is 30.1. The predicted molar refractivity (Wildman–Crippen MR) is 233 cm³/mol. The molecule has 262 valence electrons. The molecular weight excluding hydrogens is 703 g/mol. The monoisotopic (exact) mass is 733 g/mol. The van der Waals surface area contributed by atoms with Crippen molar-refractivity contribution in [2.24, 2.45) is 0 Å². The van der Waals surface area contributed by atoms with Crippen molar-refractivity contribution in [3.63, 3.8) is 0 Å². The maximum Gasteiger partial charge on any atom is 0.167 e. The normalized spacial score (nSPS) is 11.6. The molecule has 0 saturated carbocycles. The Hall–Kier alpha value is -7.21. The lowest BCUT2D eigenvalue weighted by Crippen LogP contribution is -2.00. The van der Waals surface area contributed by atoms with Crippen molar-refractivity contribution in [1.29, 1.82) is 0 Å². The maximum absolute atomic E-state index is 6.84. The highest BCUT2D eigenvalue weighted by Crippen LogP contribution is 2.47. The molecule has 11 aromatic rings. The molecule has 0 atom stereocenters. The van der Waals surface area contributed by atoms with Gasteiger partial charge in [-0.3, -0.25) is 0 Å². The van der Waals surface area contributed by atoms with Crippen LogP contribution < -0.4 is 0 Å². The van der Waals surface area contributed by atoms with E-state index in [9.17, 15) is 0 Å². The Bertz CT molecular complexity index is 3170. The average Bonchev–Trinajstić information content (AvgIpc) is 3.86. The van der Waals surface area contributed by atoms with Crippen LogP contribution >= 0.6 is 11.3 Å². The van der Waals surface area contributed by atoms with Crippen LogP contribution in [0, 0.1) is 0 Å². The number of fused-ring (bicyclic) bond motifs is 6. The number of aromatic nitrogens is 3. The molecule has 4 nitrogen and oxygen atoms in total. The highest BCUT2D eigenvalue weighted by Gasteiger charge is 2.22. The van der Waals surface area contributed by atoms with Crippen LogP contribution in [0.2, 0.25) is 0 Å². The summed E-state index contributed by atoms with van der Waals surface area (Å²) in [7, 11) is 0. The summed E-state index contributed by atoms with van der Waals surface area (Å²) >= 11 is 1.84. The maximum atomic E-state index is 6.84. The molecule has 0 N–H and O–H groups in total. The molecular formula is C51H31N3OS. The van der Waals surface area contributed by atoms with E-state index in [-0.39, 0.29) is 0 Å². The lowest BCUT2D eigenvalue weighted by molar-refractivity contribution is 0.669. The van der Waals surface area contributed by atoms with Gasteiger partial charge in [-0.15, -0.1) is 11.3 Å². The first kappa shape index (κ1) is 32.2. The molecule has 0 amide bonds. The Morgan fingerprint density at radius 3 is 1.57 bits per heavy atom. The molecule has 5 heteroatoms. The minimum atomic E-state index is 0.566. The van der Waals surface area contributed by atoms with Gasteiger partial charge in [0.2, 0.25) is 0 Å². The van der Waals surface area contributed by atoms with Gasteiger partial charge in [-0.1, -0.05) is 158 Å². The molecule has 0 unspecified atom stereocenters. The van der Waals surface area contributed by atoms with Gasteiger partial charge in [0.1, 0.15) is 11.2 Å². The molecule has 0 radical (unpaired) electrons. The summed E-state index contributed by atoms with van der Waals surface area (Å²) in [6, 6.07) is 65.7. The number of hydrogen-bond donors (Lipinski definition) is 0. The summed E-state index contributed by atoms with van der Waals surface area (Å²) in [5.41, 5.74) is 11.3. The molecule has 8 aromatic carbocycles. The molecule has 0 aliphatic heterocycles. The van der Waals surface area contributed by atoms with Gasteiger partial charge in [0.05, 0.1) is 5.56 Å². The molecule has 3 aromatic heterocycles. The Labute approximate surface area is 327 Å². The van der Waals surface area contributed by atoms with E-state index in [4.69, 9.17) is 19.4 Å². The second-order valence-corrected chi connectivity index (χ2v) is 15.0. The molecule has 3 heterocycles. The van der Waals surface area contributed by atoms with E-state index in [2.05, 4.69) is 121 Å². The van der Waals surface area contributed by atoms with Gasteiger partial charge < -0.3 is 4.42 Å². The number of hydrogen-bond acceptors (Lipinski definition) is 5. The Balaban J connectivity index is 1.13. The smallest absolute Gasteiger partial charge is 0.167 e. The zero-order chi connectivity index (χ0) is 37.0. The third kappa shape index (κ3) is 5.48. The Morgan fingerprint density at radius 2 is 0.875 bits per heavy atom. The topological polar surface area (TPSA) is 51.8 Å². The van der Waals surface area contributed by atoms with E-state index < -0.39 is 0 Å². The molecule has 56 heavy (non-hydrogen) atoms. The number of nitrogens with zero attached hydrogens (tertiary/aromatic N) is 3. The van der Waals surface area contributed by atoms with Crippen molar-refractivity contribution in [2.45, 2.75) is 0 Å². The van der Waals surface area contributed by atoms with Gasteiger partial charge in [-0.25, -0.2) is 15.0 Å². The standard InChI is InChI=1S/C51H31N3OS/c1-4-14-32(15-5-1)33-26-28-34(29-27-33)37-30-42(47-39-20-10-11-25-44(39)56-45(47)31-37)38-21-13-24-43-46(38)40-22-12-23-41(48(40)55-43)51-53-49(35-16-6-2-7-17-35)52-50(54-51)36-18-8-3-9-19-36/h1-31H. The highest BCUT2D eigenvalue weighted by molar-refractivity contribution is 7.26. The van der Waals surface area contributed by atoms with E-state index >= 15 is 0 Å². The van der Waals surface area contributed by atoms with E-state index in [0.717, 1.165) is 44.2 Å². The third-order valence-corrected chi connectivity index (χ3v) is 11.7. The van der Waals surface area contributed by atoms with Gasteiger partial charge >= 0.3 is 0 Å². The molecule has 0 aliphatic rings. The van der Waals surface area contributed by atoms with Crippen LogP contribution in [0.15, 0.2) is 192 Å². The molecule has 0 bridgehead atoms. The fraction of sp³-hybridized carbons (Fsp3) is 0. The van der Waals surface area contributed by atoms with Crippen LogP contribution in [-0.2, 0) is 0 Å². The molecule has 0 aliphatic carbocycles. The second-order valence-electron chi connectivity index (χ2n) is 13.9. The number of benzene rings is 8. The number of para-hydroxylation sites is 1. The van der Waals surface area contributed by atoms with Crippen LogP contribution in [0.25, 0.3) is 110 Å². The van der Waals surface area contributed by atoms with Crippen LogP contribution in [0.3, 0.4) is 0 Å². The van der Waals surface area contributed by atoms with Crippen molar-refractivity contribution in [3.8, 4) is 67.5 Å². The lowest BCUT2D eigenvalue weighted by Gasteiger charge is -2.12. The summed E-state index contributed by atoms with van der Waals surface area (Å²) in [6.45, 7) is 0. The van der Waals surface area contributed by atoms with Crippen LogP contribution in [0.4, 0.5) is 0 Å². The zero-order valence-corrected chi connectivity index (χ0v) is 30.9. The van der Waals surface area contributed by atoms with Crippen LogP contribution in [0.1, 0.15) is 0 Å². The average molecular weight is 734 g/mol. The van der Waals surface area contributed by atoms with Crippen molar-refractivity contribution < 1.29 is 4.42 Å². The van der Waals surface area contributed by atoms with E-state index in [0.29, 0.717) is 17.5 Å². The minimum Gasteiger partial charge on any atom is -0.455 e. The first-order valence-electron chi connectivity index (χ1n) is 18.7. The van der Waals surface area contributed by atoms with Crippen molar-refractivity contribution in [1.82, 2.24) is 15.0 Å². The predicted octanol–water partition coefficient (Wildman–Crippen LogP) is 14.1. The van der Waals surface area contributed by atoms with Gasteiger partial charge in [0.25, 0.3) is 0 Å². The lowest BCUT2D eigenvalue weighted by atomic mass is 9.91. The van der Waals surface area contributed by atoms with Gasteiger partial charge in [0, 0.05) is 42.1 Å². The largest absolute Gasteiger partial charge is 0.455 e. The molecule has 0 spiro atoms. The summed E-state index contributed by atoms with van der Waals surface area (Å²) in [5.74, 6) is 1.79. The van der Waals surface area contributed by atoms with Crippen molar-refractivity contribution in [2.75, 3.05) is 0 Å². The summed E-state index contributed by atoms with van der Waals surface area (Å²) in [4.78, 5) is 15.0. The number of rotatable bonds is 6. The van der Waals surface area contributed by atoms with E-state index in [1.54, 1.807) is 0 Å². The van der Waals surface area contributed by atoms with Crippen LogP contribution in [-0.4, -0.2) is 15.0 Å². The van der Waals surface area contributed by atoms with E-state index in [1.165, 1.54) is 48.0 Å². The van der Waals surface area contributed by atoms with Gasteiger partial charge in [-0.2, -0.15) is 0 Å². The Morgan fingerprint density at radius 1 is 0.339 bits per heavy atom. The Kier molecular flexibility index (Phi) is 7.64. The van der Waals surface area contributed by atoms with Crippen molar-refractivity contribution >= 4 is 53.4 Å². The molecule has 11 rings (SSSR count). The van der Waals surface area contributed by atoms with Gasteiger partial charge in [-0.05, 0) is 63.7 Å². The van der Waals surface area contributed by atoms with Gasteiger partial charge in [0.15, 0.2) is 17.5 Å². The van der Waals surface area contributed by atoms with Crippen molar-refractivity contribution in [3.05, 3.63) is 188 Å². The second kappa shape index (κ2) is 13.3. The SMILES string of the molecule is c1ccc(-c2ccc(-c3cc(-c4cccc5oc6c(-c7nc(-c8ccccc8)nc(-c8ccccc8)n7)cccc6c45)c4c(c3)sc3ccccc34)cc2)cc1. The summed E-state index contributed by atoms with van der Waals surface area (Å²) in [5, 5.41) is 4.59. The quantitative estimate of drug-likeness (QED) is 0.171. The third-order valence-electron chi connectivity index (χ3n) is 10.6. The molecule has 0 fully saturated rings. The summed E-state index contributed by atoms with van der Waals surface area (Å²) < 4.78 is 9.37. The highest BCUT2D eigenvalue weighted by atomic mass is 32.1. The fourth-order valence-corrected chi connectivity index (χ4v) is 9.07. The number of thiophene rings is 1. The number of furan rings is 1. The minimum absolute atomic E-state index is 0.566. The first-order chi connectivity index (χ1) is 27.7.